The van der Waals surface area contributed by atoms with Crippen molar-refractivity contribution in [3.8, 4) is 0 Å². The van der Waals surface area contributed by atoms with Gasteiger partial charge in [-0.1, -0.05) is 19.3 Å². The van der Waals surface area contributed by atoms with Gasteiger partial charge in [0.05, 0.1) is 0 Å². The van der Waals surface area contributed by atoms with Gasteiger partial charge < -0.3 is 5.32 Å². The van der Waals surface area contributed by atoms with Crippen LogP contribution >= 0.6 is 12.4 Å². The van der Waals surface area contributed by atoms with Crippen molar-refractivity contribution in [1.82, 2.24) is 5.32 Å². The van der Waals surface area contributed by atoms with Crippen LogP contribution in [0.4, 0.5) is 0 Å². The van der Waals surface area contributed by atoms with Crippen molar-refractivity contribution in [3.05, 3.63) is 0 Å². The Morgan fingerprint density at radius 1 is 1.00 bits per heavy atom. The summed E-state index contributed by atoms with van der Waals surface area (Å²) in [7, 11) is 0. The second kappa shape index (κ2) is 2.89. The lowest BCUT2D eigenvalue weighted by molar-refractivity contribution is 0.150. The highest BCUT2D eigenvalue weighted by Gasteiger charge is 2.30. The van der Waals surface area contributed by atoms with Gasteiger partial charge in [-0.15, -0.1) is 12.4 Å². The van der Waals surface area contributed by atoms with Gasteiger partial charge in [-0.25, -0.2) is 0 Å². The first-order valence-electron chi connectivity index (χ1n) is 3.67. The fourth-order valence-corrected chi connectivity index (χ4v) is 1.56. The molecule has 2 rings (SSSR count). The van der Waals surface area contributed by atoms with Gasteiger partial charge in [0, 0.05) is 0 Å². The van der Waals surface area contributed by atoms with Crippen LogP contribution in [0.1, 0.15) is 19.3 Å². The Bertz CT molecular complexity index is 74.9. The first-order chi connectivity index (χ1) is 3.97. The highest BCUT2D eigenvalue weighted by Crippen LogP contribution is 2.34. The average molecular weight is 148 g/mol. The molecule has 0 aromatic carbocycles. The van der Waals surface area contributed by atoms with Crippen molar-refractivity contribution in [2.24, 2.45) is 11.8 Å². The number of rotatable bonds is 1. The van der Waals surface area contributed by atoms with Gasteiger partial charge in [0.2, 0.25) is 0 Å². The zero-order valence-electron chi connectivity index (χ0n) is 5.60. The van der Waals surface area contributed by atoms with E-state index in [0.717, 1.165) is 11.8 Å². The molecular weight excluding hydrogens is 134 g/mol. The van der Waals surface area contributed by atoms with E-state index in [4.69, 9.17) is 0 Å². The van der Waals surface area contributed by atoms with Gasteiger partial charge >= 0.3 is 0 Å². The minimum absolute atomic E-state index is 0. The molecule has 0 amide bonds. The van der Waals surface area contributed by atoms with Crippen LogP contribution < -0.4 is 5.32 Å². The SMILES string of the molecule is C1CC(C2CNC2)C1.Cl. The lowest BCUT2D eigenvalue weighted by atomic mass is 9.73. The molecule has 1 nitrogen and oxygen atoms in total. The van der Waals surface area contributed by atoms with Crippen LogP contribution in [-0.2, 0) is 0 Å². The Hall–Kier alpha value is 0.250. The zero-order valence-corrected chi connectivity index (χ0v) is 6.41. The van der Waals surface area contributed by atoms with Crippen molar-refractivity contribution >= 4 is 12.4 Å². The summed E-state index contributed by atoms with van der Waals surface area (Å²) >= 11 is 0. The molecule has 1 heterocycles. The fourth-order valence-electron chi connectivity index (χ4n) is 1.56. The molecule has 1 N–H and O–H groups in total. The summed E-state index contributed by atoms with van der Waals surface area (Å²) in [6.45, 7) is 2.62. The minimum atomic E-state index is 0. The third-order valence-electron chi connectivity index (χ3n) is 2.63. The molecule has 0 bridgehead atoms. The molecule has 0 radical (unpaired) electrons. The van der Waals surface area contributed by atoms with Gasteiger partial charge in [0.15, 0.2) is 0 Å². The molecule has 1 saturated heterocycles. The quantitative estimate of drug-likeness (QED) is 0.592. The molecular formula is C7H14ClN. The minimum Gasteiger partial charge on any atom is -0.316 e. The summed E-state index contributed by atoms with van der Waals surface area (Å²) in [6.07, 6.45) is 4.54. The van der Waals surface area contributed by atoms with Crippen LogP contribution in [-0.4, -0.2) is 13.1 Å². The number of nitrogens with one attached hydrogen (secondary N) is 1. The lowest BCUT2D eigenvalue weighted by Crippen LogP contribution is -2.47. The topological polar surface area (TPSA) is 12.0 Å². The van der Waals surface area contributed by atoms with Crippen molar-refractivity contribution < 1.29 is 0 Å². The maximum Gasteiger partial charge on any atom is -0.000559 e. The predicted molar refractivity (Wildman–Crippen MR) is 40.9 cm³/mol. The van der Waals surface area contributed by atoms with Gasteiger partial charge in [-0.05, 0) is 24.9 Å². The average Bonchev–Trinajstić information content (AvgIpc) is 1.47. The monoisotopic (exact) mass is 147 g/mol. The molecule has 1 aliphatic heterocycles. The Morgan fingerprint density at radius 2 is 1.67 bits per heavy atom. The summed E-state index contributed by atoms with van der Waals surface area (Å²) in [5.74, 6) is 2.19. The van der Waals surface area contributed by atoms with Crippen molar-refractivity contribution in [2.75, 3.05) is 13.1 Å². The molecule has 2 heteroatoms. The second-order valence-corrected chi connectivity index (χ2v) is 3.11. The van der Waals surface area contributed by atoms with E-state index < -0.39 is 0 Å². The van der Waals surface area contributed by atoms with Crippen molar-refractivity contribution in [1.29, 1.82) is 0 Å². The van der Waals surface area contributed by atoms with Gasteiger partial charge in [0.25, 0.3) is 0 Å². The van der Waals surface area contributed by atoms with E-state index in [1.165, 1.54) is 32.4 Å². The highest BCUT2D eigenvalue weighted by molar-refractivity contribution is 5.85. The molecule has 1 aliphatic carbocycles. The molecule has 2 fully saturated rings. The van der Waals surface area contributed by atoms with Crippen LogP contribution in [0.2, 0.25) is 0 Å². The normalized spacial score (nSPS) is 28.0. The van der Waals surface area contributed by atoms with E-state index in [0.29, 0.717) is 0 Å². The third kappa shape index (κ3) is 1.22. The standard InChI is InChI=1S/C7H13N.ClH/c1-2-6(3-1)7-4-8-5-7;/h6-8H,1-5H2;1H. The summed E-state index contributed by atoms with van der Waals surface area (Å²) in [5.41, 5.74) is 0. The number of hydrogen-bond donors (Lipinski definition) is 1. The zero-order chi connectivity index (χ0) is 5.40. The molecule has 2 aliphatic rings. The predicted octanol–water partition coefficient (Wildman–Crippen LogP) is 1.43. The fraction of sp³-hybridized carbons (Fsp3) is 1.00. The Kier molecular flexibility index (Phi) is 2.36. The Balaban J connectivity index is 0.000000405. The number of hydrogen-bond acceptors (Lipinski definition) is 1. The van der Waals surface area contributed by atoms with Gasteiger partial charge in [-0.3, -0.25) is 0 Å². The van der Waals surface area contributed by atoms with Gasteiger partial charge in [0.1, 0.15) is 0 Å². The van der Waals surface area contributed by atoms with Crippen LogP contribution in [0.15, 0.2) is 0 Å². The molecule has 54 valence electrons. The molecule has 9 heavy (non-hydrogen) atoms. The number of halogens is 1. The summed E-state index contributed by atoms with van der Waals surface area (Å²) in [4.78, 5) is 0. The third-order valence-corrected chi connectivity index (χ3v) is 2.63. The lowest BCUT2D eigenvalue weighted by Gasteiger charge is -2.39. The van der Waals surface area contributed by atoms with E-state index in [2.05, 4.69) is 5.32 Å². The smallest absolute Gasteiger partial charge is 0.000559 e. The molecule has 0 aromatic rings. The second-order valence-electron chi connectivity index (χ2n) is 3.11. The van der Waals surface area contributed by atoms with E-state index in [1.807, 2.05) is 0 Å². The first kappa shape index (κ1) is 7.36. The molecule has 1 saturated carbocycles. The molecule has 0 unspecified atom stereocenters. The Morgan fingerprint density at radius 3 is 1.78 bits per heavy atom. The van der Waals surface area contributed by atoms with E-state index in [9.17, 15) is 0 Å². The van der Waals surface area contributed by atoms with E-state index in [1.54, 1.807) is 0 Å². The van der Waals surface area contributed by atoms with E-state index in [-0.39, 0.29) is 12.4 Å². The van der Waals surface area contributed by atoms with E-state index >= 15 is 0 Å². The summed E-state index contributed by atoms with van der Waals surface area (Å²) < 4.78 is 0. The Labute approximate surface area is 62.6 Å². The first-order valence-corrected chi connectivity index (χ1v) is 3.67. The van der Waals surface area contributed by atoms with Crippen LogP contribution in [0.3, 0.4) is 0 Å². The van der Waals surface area contributed by atoms with Crippen molar-refractivity contribution in [2.45, 2.75) is 19.3 Å². The molecule has 0 aromatic heterocycles. The molecule has 0 spiro atoms. The van der Waals surface area contributed by atoms with Crippen LogP contribution in [0.25, 0.3) is 0 Å². The van der Waals surface area contributed by atoms with Crippen LogP contribution in [0.5, 0.6) is 0 Å². The largest absolute Gasteiger partial charge is 0.316 e. The maximum absolute atomic E-state index is 3.31. The maximum atomic E-state index is 3.31. The van der Waals surface area contributed by atoms with Gasteiger partial charge in [-0.2, -0.15) is 0 Å². The molecule has 0 atom stereocenters. The highest BCUT2D eigenvalue weighted by atomic mass is 35.5. The van der Waals surface area contributed by atoms with Crippen LogP contribution in [0, 0.1) is 11.8 Å². The van der Waals surface area contributed by atoms with Crippen molar-refractivity contribution in [3.63, 3.8) is 0 Å². The summed E-state index contributed by atoms with van der Waals surface area (Å²) in [5, 5.41) is 3.31. The summed E-state index contributed by atoms with van der Waals surface area (Å²) in [6, 6.07) is 0.